The van der Waals surface area contributed by atoms with E-state index < -0.39 is 6.10 Å². The smallest absolute Gasteiger partial charge is 0.134 e. The molecule has 0 saturated heterocycles. The van der Waals surface area contributed by atoms with Gasteiger partial charge in [0.2, 0.25) is 0 Å². The molecule has 0 aliphatic heterocycles. The van der Waals surface area contributed by atoms with Crippen molar-refractivity contribution in [3.8, 4) is 0 Å². The Morgan fingerprint density at radius 1 is 1.38 bits per heavy atom. The second kappa shape index (κ2) is 3.23. The zero-order valence-electron chi connectivity index (χ0n) is 7.53. The maximum absolute atomic E-state index is 9.54. The molecule has 0 saturated carbocycles. The fourth-order valence-corrected chi connectivity index (χ4v) is 1.37. The van der Waals surface area contributed by atoms with Gasteiger partial charge < -0.3 is 9.52 Å². The lowest BCUT2D eigenvalue weighted by Gasteiger charge is -2.00. The molecule has 0 aliphatic rings. The zero-order chi connectivity index (χ0) is 9.26. The number of hydrogen-bond acceptors (Lipinski definition) is 2. The summed E-state index contributed by atoms with van der Waals surface area (Å²) in [6.07, 6.45) is 0.201. The van der Waals surface area contributed by atoms with E-state index in [1.54, 1.807) is 0 Å². The third-order valence-corrected chi connectivity index (χ3v) is 2.16. The van der Waals surface area contributed by atoms with Crippen LogP contribution in [0.4, 0.5) is 0 Å². The number of aliphatic hydroxyl groups excluding tert-OH is 1. The molecule has 2 aromatic rings. The van der Waals surface area contributed by atoms with Crippen molar-refractivity contribution in [3.05, 3.63) is 36.1 Å². The van der Waals surface area contributed by atoms with Crippen LogP contribution in [0.1, 0.15) is 25.2 Å². The summed E-state index contributed by atoms with van der Waals surface area (Å²) in [5.74, 6) is 0.656. The quantitative estimate of drug-likeness (QED) is 0.763. The van der Waals surface area contributed by atoms with Gasteiger partial charge in [-0.2, -0.15) is 0 Å². The van der Waals surface area contributed by atoms with Gasteiger partial charge in [0.15, 0.2) is 0 Å². The van der Waals surface area contributed by atoms with E-state index >= 15 is 0 Å². The van der Waals surface area contributed by atoms with Crippen molar-refractivity contribution in [1.29, 1.82) is 0 Å². The molecule has 1 unspecified atom stereocenters. The van der Waals surface area contributed by atoms with Crippen LogP contribution < -0.4 is 0 Å². The van der Waals surface area contributed by atoms with Crippen LogP contribution in [0.2, 0.25) is 0 Å². The van der Waals surface area contributed by atoms with Gasteiger partial charge in [0.1, 0.15) is 17.4 Å². The molecule has 0 amide bonds. The summed E-state index contributed by atoms with van der Waals surface area (Å²) in [6, 6.07) is 9.66. The largest absolute Gasteiger partial charge is 0.458 e. The minimum absolute atomic E-state index is 0.479. The van der Waals surface area contributed by atoms with E-state index in [-0.39, 0.29) is 0 Å². The van der Waals surface area contributed by atoms with Crippen molar-refractivity contribution < 1.29 is 9.52 Å². The topological polar surface area (TPSA) is 33.4 Å². The van der Waals surface area contributed by atoms with E-state index in [2.05, 4.69) is 0 Å². The third-order valence-electron chi connectivity index (χ3n) is 2.16. The number of benzene rings is 1. The standard InChI is InChI=1S/C11H12O2/c1-2-9(12)11-7-8-5-3-4-6-10(8)13-11/h3-7,9,12H,2H2,1H3. The van der Waals surface area contributed by atoms with Crippen molar-refractivity contribution in [2.75, 3.05) is 0 Å². The molecule has 0 bridgehead atoms. The lowest BCUT2D eigenvalue weighted by Crippen LogP contribution is -1.90. The van der Waals surface area contributed by atoms with Crippen LogP contribution in [-0.2, 0) is 0 Å². The highest BCUT2D eigenvalue weighted by Crippen LogP contribution is 2.24. The summed E-state index contributed by atoms with van der Waals surface area (Å²) in [5, 5.41) is 10.6. The van der Waals surface area contributed by atoms with Crippen LogP contribution in [0, 0.1) is 0 Å². The molecular weight excluding hydrogens is 164 g/mol. The van der Waals surface area contributed by atoms with E-state index in [1.807, 2.05) is 37.3 Å². The molecule has 0 fully saturated rings. The Morgan fingerprint density at radius 2 is 2.15 bits per heavy atom. The number of fused-ring (bicyclic) bond motifs is 1. The number of furan rings is 1. The summed E-state index contributed by atoms with van der Waals surface area (Å²) >= 11 is 0. The Labute approximate surface area is 76.8 Å². The lowest BCUT2D eigenvalue weighted by atomic mass is 10.2. The molecule has 1 aromatic carbocycles. The maximum Gasteiger partial charge on any atom is 0.134 e. The van der Waals surface area contributed by atoms with Gasteiger partial charge in [0, 0.05) is 5.39 Å². The molecule has 0 radical (unpaired) electrons. The molecule has 1 atom stereocenters. The third kappa shape index (κ3) is 1.45. The fourth-order valence-electron chi connectivity index (χ4n) is 1.37. The minimum Gasteiger partial charge on any atom is -0.458 e. The molecule has 0 aliphatic carbocycles. The maximum atomic E-state index is 9.54. The summed E-state index contributed by atoms with van der Waals surface area (Å²) in [7, 11) is 0. The number of para-hydroxylation sites is 1. The Hall–Kier alpha value is -1.28. The summed E-state index contributed by atoms with van der Waals surface area (Å²) < 4.78 is 5.47. The van der Waals surface area contributed by atoms with Crippen LogP contribution in [0.5, 0.6) is 0 Å². The van der Waals surface area contributed by atoms with Gasteiger partial charge in [-0.3, -0.25) is 0 Å². The van der Waals surface area contributed by atoms with E-state index in [4.69, 9.17) is 4.42 Å². The monoisotopic (exact) mass is 176 g/mol. The first-order chi connectivity index (χ1) is 6.31. The molecule has 2 nitrogen and oxygen atoms in total. The van der Waals surface area contributed by atoms with Crippen molar-refractivity contribution in [2.45, 2.75) is 19.4 Å². The predicted molar refractivity (Wildman–Crippen MR) is 51.5 cm³/mol. The van der Waals surface area contributed by atoms with Gasteiger partial charge in [-0.05, 0) is 18.6 Å². The summed E-state index contributed by atoms with van der Waals surface area (Å²) in [5.41, 5.74) is 0.838. The molecule has 1 aromatic heterocycles. The first kappa shape index (κ1) is 8.32. The van der Waals surface area contributed by atoms with Gasteiger partial charge in [0.25, 0.3) is 0 Å². The average molecular weight is 176 g/mol. The lowest BCUT2D eigenvalue weighted by molar-refractivity contribution is 0.148. The Kier molecular flexibility index (Phi) is 2.07. The highest BCUT2D eigenvalue weighted by Gasteiger charge is 2.10. The summed E-state index contributed by atoms with van der Waals surface area (Å²) in [4.78, 5) is 0. The van der Waals surface area contributed by atoms with Crippen molar-refractivity contribution in [2.24, 2.45) is 0 Å². The highest BCUT2D eigenvalue weighted by molar-refractivity contribution is 5.77. The predicted octanol–water partition coefficient (Wildman–Crippen LogP) is 2.88. The van der Waals surface area contributed by atoms with Crippen molar-refractivity contribution in [1.82, 2.24) is 0 Å². The van der Waals surface area contributed by atoms with E-state index in [0.29, 0.717) is 12.2 Å². The van der Waals surface area contributed by atoms with Gasteiger partial charge in [0.05, 0.1) is 0 Å². The molecule has 2 heteroatoms. The first-order valence-corrected chi connectivity index (χ1v) is 4.48. The molecule has 0 spiro atoms. The molecule has 68 valence electrons. The molecule has 13 heavy (non-hydrogen) atoms. The fraction of sp³-hybridized carbons (Fsp3) is 0.273. The molecule has 1 heterocycles. The van der Waals surface area contributed by atoms with Gasteiger partial charge in [-0.1, -0.05) is 25.1 Å². The Balaban J connectivity index is 2.49. The zero-order valence-corrected chi connectivity index (χ0v) is 7.53. The van der Waals surface area contributed by atoms with Gasteiger partial charge in [-0.25, -0.2) is 0 Å². The normalized spacial score (nSPS) is 13.4. The van der Waals surface area contributed by atoms with E-state index in [0.717, 1.165) is 11.0 Å². The number of aliphatic hydroxyl groups is 1. The Bertz CT molecular complexity index is 370. The van der Waals surface area contributed by atoms with Crippen molar-refractivity contribution in [3.63, 3.8) is 0 Å². The highest BCUT2D eigenvalue weighted by atomic mass is 16.4. The molecule has 2 rings (SSSR count). The average Bonchev–Trinajstić information content (AvgIpc) is 2.59. The minimum atomic E-state index is -0.479. The second-order valence-electron chi connectivity index (χ2n) is 3.11. The molecular formula is C11H12O2. The number of hydrogen-bond donors (Lipinski definition) is 1. The number of rotatable bonds is 2. The van der Waals surface area contributed by atoms with Gasteiger partial charge >= 0.3 is 0 Å². The Morgan fingerprint density at radius 3 is 2.85 bits per heavy atom. The second-order valence-corrected chi connectivity index (χ2v) is 3.11. The van der Waals surface area contributed by atoms with Crippen LogP contribution in [0.15, 0.2) is 34.7 Å². The van der Waals surface area contributed by atoms with Crippen LogP contribution in [-0.4, -0.2) is 5.11 Å². The van der Waals surface area contributed by atoms with E-state index in [1.165, 1.54) is 0 Å². The molecule has 1 N–H and O–H groups in total. The SMILES string of the molecule is CCC(O)c1cc2ccccc2o1. The van der Waals surface area contributed by atoms with Crippen LogP contribution in [0.3, 0.4) is 0 Å². The van der Waals surface area contributed by atoms with Gasteiger partial charge in [-0.15, -0.1) is 0 Å². The van der Waals surface area contributed by atoms with Crippen molar-refractivity contribution >= 4 is 11.0 Å². The summed E-state index contributed by atoms with van der Waals surface area (Å²) in [6.45, 7) is 1.93. The van der Waals surface area contributed by atoms with Crippen LogP contribution >= 0.6 is 0 Å². The van der Waals surface area contributed by atoms with E-state index in [9.17, 15) is 5.11 Å². The first-order valence-electron chi connectivity index (χ1n) is 4.48. The van der Waals surface area contributed by atoms with Crippen LogP contribution in [0.25, 0.3) is 11.0 Å².